The SMILES string of the molecule is NS(=O)(=O)c1ccc(N2C(=O)CC(N(CCc3cccc(Cl)c3)C(=O)C3CCCCC3)C2=O)cc1. The lowest BCUT2D eigenvalue weighted by Gasteiger charge is -2.32. The molecule has 1 aliphatic carbocycles. The minimum absolute atomic E-state index is 0.0932. The molecule has 1 saturated heterocycles. The van der Waals surface area contributed by atoms with Crippen LogP contribution in [0.4, 0.5) is 5.69 Å². The van der Waals surface area contributed by atoms with Crippen molar-refractivity contribution in [1.82, 2.24) is 4.90 Å². The van der Waals surface area contributed by atoms with E-state index >= 15 is 0 Å². The van der Waals surface area contributed by atoms with Gasteiger partial charge >= 0.3 is 0 Å². The molecule has 186 valence electrons. The van der Waals surface area contributed by atoms with Crippen LogP contribution in [0.25, 0.3) is 0 Å². The van der Waals surface area contributed by atoms with Crippen molar-refractivity contribution in [3.8, 4) is 0 Å². The molecule has 10 heteroatoms. The number of halogens is 1. The van der Waals surface area contributed by atoms with Gasteiger partial charge in [-0.05, 0) is 61.2 Å². The first-order chi connectivity index (χ1) is 16.6. The van der Waals surface area contributed by atoms with E-state index in [2.05, 4.69) is 0 Å². The van der Waals surface area contributed by atoms with Crippen LogP contribution in [0.2, 0.25) is 5.02 Å². The highest BCUT2D eigenvalue weighted by atomic mass is 35.5. The molecule has 2 fully saturated rings. The maximum atomic E-state index is 13.6. The molecule has 8 nitrogen and oxygen atoms in total. The summed E-state index contributed by atoms with van der Waals surface area (Å²) in [5.41, 5.74) is 1.18. The molecular formula is C25H28ClN3O5S. The van der Waals surface area contributed by atoms with Crippen LogP contribution in [0.15, 0.2) is 53.4 Å². The van der Waals surface area contributed by atoms with Crippen LogP contribution in [0, 0.1) is 5.92 Å². The zero-order chi connectivity index (χ0) is 25.2. The molecule has 1 aliphatic heterocycles. The van der Waals surface area contributed by atoms with Crippen LogP contribution in [0.1, 0.15) is 44.1 Å². The Morgan fingerprint density at radius 2 is 1.74 bits per heavy atom. The van der Waals surface area contributed by atoms with Crippen molar-refractivity contribution in [2.45, 2.75) is 55.9 Å². The van der Waals surface area contributed by atoms with Gasteiger partial charge in [0.2, 0.25) is 21.8 Å². The Kier molecular flexibility index (Phi) is 7.59. The van der Waals surface area contributed by atoms with Gasteiger partial charge in [-0.1, -0.05) is 43.0 Å². The number of imide groups is 1. The Morgan fingerprint density at radius 3 is 2.37 bits per heavy atom. The number of primary sulfonamides is 1. The number of hydrogen-bond acceptors (Lipinski definition) is 5. The molecule has 3 amide bonds. The summed E-state index contributed by atoms with van der Waals surface area (Å²) in [6.07, 6.45) is 4.97. The van der Waals surface area contributed by atoms with Gasteiger partial charge in [0.1, 0.15) is 6.04 Å². The Balaban J connectivity index is 1.58. The summed E-state index contributed by atoms with van der Waals surface area (Å²) in [5, 5.41) is 5.74. The van der Waals surface area contributed by atoms with Crippen LogP contribution in [-0.2, 0) is 30.8 Å². The van der Waals surface area contributed by atoms with Crippen LogP contribution in [-0.4, -0.2) is 43.6 Å². The molecule has 4 rings (SSSR count). The summed E-state index contributed by atoms with van der Waals surface area (Å²) in [5.74, 6) is -1.18. The number of sulfonamides is 1. The van der Waals surface area contributed by atoms with Crippen LogP contribution in [0.3, 0.4) is 0 Å². The van der Waals surface area contributed by atoms with Crippen molar-refractivity contribution in [3.05, 3.63) is 59.1 Å². The monoisotopic (exact) mass is 517 g/mol. The topological polar surface area (TPSA) is 118 Å². The Morgan fingerprint density at radius 1 is 1.06 bits per heavy atom. The normalized spacial score (nSPS) is 19.3. The lowest BCUT2D eigenvalue weighted by Crippen LogP contribution is -2.48. The molecule has 35 heavy (non-hydrogen) atoms. The molecule has 2 aliphatic rings. The molecule has 0 bridgehead atoms. The van der Waals surface area contributed by atoms with Crippen molar-refractivity contribution in [2.24, 2.45) is 11.1 Å². The first-order valence-electron chi connectivity index (χ1n) is 11.7. The van der Waals surface area contributed by atoms with Crippen molar-refractivity contribution >= 4 is 45.0 Å². The lowest BCUT2D eigenvalue weighted by atomic mass is 9.87. The van der Waals surface area contributed by atoms with Crippen molar-refractivity contribution in [1.29, 1.82) is 0 Å². The van der Waals surface area contributed by atoms with E-state index in [1.165, 1.54) is 24.3 Å². The Bertz CT molecular complexity index is 1230. The van der Waals surface area contributed by atoms with Crippen LogP contribution in [0.5, 0.6) is 0 Å². The maximum Gasteiger partial charge on any atom is 0.257 e. The smallest absolute Gasteiger partial charge is 0.257 e. The second-order valence-electron chi connectivity index (χ2n) is 9.07. The molecule has 1 heterocycles. The molecule has 2 aromatic carbocycles. The summed E-state index contributed by atoms with van der Waals surface area (Å²) in [7, 11) is -3.91. The van der Waals surface area contributed by atoms with E-state index < -0.39 is 27.9 Å². The van der Waals surface area contributed by atoms with E-state index in [-0.39, 0.29) is 35.4 Å². The summed E-state index contributed by atoms with van der Waals surface area (Å²) in [6, 6.07) is 11.7. The van der Waals surface area contributed by atoms with Gasteiger partial charge in [0.25, 0.3) is 5.91 Å². The van der Waals surface area contributed by atoms with Gasteiger partial charge in [0.15, 0.2) is 0 Å². The van der Waals surface area contributed by atoms with E-state index in [9.17, 15) is 22.8 Å². The Labute approximate surface area is 210 Å². The third kappa shape index (κ3) is 5.74. The second-order valence-corrected chi connectivity index (χ2v) is 11.1. The number of amides is 3. The number of nitrogens with two attached hydrogens (primary N) is 1. The van der Waals surface area contributed by atoms with Gasteiger partial charge in [-0.3, -0.25) is 14.4 Å². The molecular weight excluding hydrogens is 490 g/mol. The molecule has 0 spiro atoms. The fourth-order valence-corrected chi connectivity index (χ4v) is 5.59. The third-order valence-corrected chi connectivity index (χ3v) is 7.85. The molecule has 1 saturated carbocycles. The molecule has 2 aromatic rings. The maximum absolute atomic E-state index is 13.6. The quantitative estimate of drug-likeness (QED) is 0.565. The highest BCUT2D eigenvalue weighted by Crippen LogP contribution is 2.31. The molecule has 0 radical (unpaired) electrons. The van der Waals surface area contributed by atoms with Gasteiger partial charge in [-0.15, -0.1) is 0 Å². The number of hydrogen-bond donors (Lipinski definition) is 1. The predicted octanol–water partition coefficient (Wildman–Crippen LogP) is 3.27. The Hall–Kier alpha value is -2.75. The van der Waals surface area contributed by atoms with E-state index in [1.54, 1.807) is 11.0 Å². The van der Waals surface area contributed by atoms with Crippen molar-refractivity contribution < 1.29 is 22.8 Å². The van der Waals surface area contributed by atoms with E-state index in [4.69, 9.17) is 16.7 Å². The highest BCUT2D eigenvalue weighted by Gasteiger charge is 2.45. The zero-order valence-corrected chi connectivity index (χ0v) is 20.8. The second kappa shape index (κ2) is 10.5. The molecule has 0 aromatic heterocycles. The van der Waals surface area contributed by atoms with E-state index in [0.717, 1.165) is 42.6 Å². The van der Waals surface area contributed by atoms with Gasteiger partial charge in [0, 0.05) is 17.5 Å². The number of nitrogens with zero attached hydrogens (tertiary/aromatic N) is 2. The largest absolute Gasteiger partial charge is 0.330 e. The predicted molar refractivity (Wildman–Crippen MR) is 132 cm³/mol. The highest BCUT2D eigenvalue weighted by molar-refractivity contribution is 7.89. The average molecular weight is 518 g/mol. The number of rotatable bonds is 7. The van der Waals surface area contributed by atoms with Gasteiger partial charge in [0.05, 0.1) is 17.0 Å². The van der Waals surface area contributed by atoms with Crippen LogP contribution >= 0.6 is 11.6 Å². The fourth-order valence-electron chi connectivity index (χ4n) is 4.86. The zero-order valence-electron chi connectivity index (χ0n) is 19.2. The van der Waals surface area contributed by atoms with Crippen LogP contribution < -0.4 is 10.0 Å². The first-order valence-corrected chi connectivity index (χ1v) is 13.6. The molecule has 2 N–H and O–H groups in total. The minimum atomic E-state index is -3.91. The number of anilines is 1. The van der Waals surface area contributed by atoms with Gasteiger partial charge < -0.3 is 4.90 Å². The van der Waals surface area contributed by atoms with Gasteiger partial charge in [-0.2, -0.15) is 0 Å². The van der Waals surface area contributed by atoms with E-state index in [0.29, 0.717) is 11.4 Å². The number of benzene rings is 2. The minimum Gasteiger partial charge on any atom is -0.330 e. The number of carbonyl (C=O) groups excluding carboxylic acids is 3. The third-order valence-electron chi connectivity index (χ3n) is 6.69. The fraction of sp³-hybridized carbons (Fsp3) is 0.400. The average Bonchev–Trinajstić information content (AvgIpc) is 3.12. The van der Waals surface area contributed by atoms with E-state index in [1.807, 2.05) is 18.2 Å². The lowest BCUT2D eigenvalue weighted by molar-refractivity contribution is -0.142. The molecule has 1 atom stereocenters. The summed E-state index contributed by atoms with van der Waals surface area (Å²) in [4.78, 5) is 42.4. The standard InChI is InChI=1S/C25H28ClN3O5S/c26-19-8-4-5-17(15-19)13-14-28(24(31)18-6-2-1-3-7-18)22-16-23(30)29(25(22)32)20-9-11-21(12-10-20)35(27,33)34/h4-5,8-12,15,18,22H,1-3,6-7,13-14,16H2,(H2,27,33,34). The molecule has 1 unspecified atom stereocenters. The summed E-state index contributed by atoms with van der Waals surface area (Å²) < 4.78 is 23.1. The number of carbonyl (C=O) groups is 3. The van der Waals surface area contributed by atoms with Gasteiger partial charge in [-0.25, -0.2) is 18.5 Å². The van der Waals surface area contributed by atoms with Crippen molar-refractivity contribution in [3.63, 3.8) is 0 Å². The summed E-state index contributed by atoms with van der Waals surface area (Å²) in [6.45, 7) is 0.289. The first kappa shape index (κ1) is 25.3. The summed E-state index contributed by atoms with van der Waals surface area (Å²) >= 11 is 6.11. The van der Waals surface area contributed by atoms with Crippen molar-refractivity contribution in [2.75, 3.05) is 11.4 Å².